The van der Waals surface area contributed by atoms with Crippen molar-refractivity contribution < 1.29 is 13.2 Å². The van der Waals surface area contributed by atoms with Gasteiger partial charge in [0, 0.05) is 5.56 Å². The van der Waals surface area contributed by atoms with Crippen LogP contribution < -0.4 is 9.46 Å². The first-order valence-corrected chi connectivity index (χ1v) is 9.16. The molecule has 0 saturated carbocycles. The Bertz CT molecular complexity index is 964. The van der Waals surface area contributed by atoms with E-state index in [0.29, 0.717) is 18.1 Å². The topological polar surface area (TPSA) is 73.2 Å². The molecule has 122 valence electrons. The Morgan fingerprint density at radius 2 is 1.71 bits per heavy atom. The molecule has 0 atom stereocenters. The SMILES string of the molecule is O=S1(=O)CCn2ncc(-c3ccc(Oc4ccccc4)cc3)c2N1. The molecule has 1 N–H and O–H groups in total. The standard InChI is InChI=1S/C17H15N3O3S/c21-24(22)11-10-20-17(19-24)16(12-18-20)13-6-8-15(9-7-13)23-14-4-2-1-3-5-14/h1-9,12,19H,10-11H2. The number of ether oxygens (including phenoxy) is 1. The Labute approximate surface area is 139 Å². The number of anilines is 1. The van der Waals surface area contributed by atoms with E-state index in [-0.39, 0.29) is 5.75 Å². The smallest absolute Gasteiger partial charge is 0.235 e. The molecule has 6 nitrogen and oxygen atoms in total. The Kier molecular flexibility index (Phi) is 3.50. The molecule has 0 saturated heterocycles. The predicted octanol–water partition coefficient (Wildman–Crippen LogP) is 3.10. The summed E-state index contributed by atoms with van der Waals surface area (Å²) in [6, 6.07) is 17.0. The van der Waals surface area contributed by atoms with Gasteiger partial charge in [-0.1, -0.05) is 30.3 Å². The minimum Gasteiger partial charge on any atom is -0.457 e. The highest BCUT2D eigenvalue weighted by Gasteiger charge is 2.24. The summed E-state index contributed by atoms with van der Waals surface area (Å²) >= 11 is 0. The lowest BCUT2D eigenvalue weighted by Crippen LogP contribution is -2.28. The lowest BCUT2D eigenvalue weighted by molar-refractivity contribution is 0.483. The number of hydrogen-bond acceptors (Lipinski definition) is 4. The fraction of sp³-hybridized carbons (Fsp3) is 0.118. The summed E-state index contributed by atoms with van der Waals surface area (Å²) in [4.78, 5) is 0. The zero-order valence-corrected chi connectivity index (χ0v) is 13.5. The Hall–Kier alpha value is -2.80. The average Bonchev–Trinajstić information content (AvgIpc) is 2.98. The molecule has 0 bridgehead atoms. The number of rotatable bonds is 3. The summed E-state index contributed by atoms with van der Waals surface area (Å²) in [5.74, 6) is 2.04. The van der Waals surface area contributed by atoms with Crippen molar-refractivity contribution in [2.75, 3.05) is 10.5 Å². The summed E-state index contributed by atoms with van der Waals surface area (Å²) in [5.41, 5.74) is 1.63. The van der Waals surface area contributed by atoms with Crippen LogP contribution in [-0.2, 0) is 16.6 Å². The fourth-order valence-electron chi connectivity index (χ4n) is 2.61. The summed E-state index contributed by atoms with van der Waals surface area (Å²) in [6.07, 6.45) is 1.68. The molecule has 0 radical (unpaired) electrons. The maximum Gasteiger partial charge on any atom is 0.235 e. The Morgan fingerprint density at radius 1 is 1.00 bits per heavy atom. The van der Waals surface area contributed by atoms with Gasteiger partial charge in [0.05, 0.1) is 18.5 Å². The predicted molar refractivity (Wildman–Crippen MR) is 91.6 cm³/mol. The van der Waals surface area contributed by atoms with E-state index in [9.17, 15) is 8.42 Å². The lowest BCUT2D eigenvalue weighted by atomic mass is 10.1. The van der Waals surface area contributed by atoms with Crippen LogP contribution in [0.5, 0.6) is 11.5 Å². The first-order chi connectivity index (χ1) is 11.6. The van der Waals surface area contributed by atoms with Crippen LogP contribution in [0.25, 0.3) is 11.1 Å². The van der Waals surface area contributed by atoms with E-state index in [4.69, 9.17) is 4.74 Å². The molecule has 24 heavy (non-hydrogen) atoms. The molecule has 4 rings (SSSR count). The van der Waals surface area contributed by atoms with E-state index in [0.717, 1.165) is 16.9 Å². The Morgan fingerprint density at radius 3 is 2.46 bits per heavy atom. The lowest BCUT2D eigenvalue weighted by Gasteiger charge is -2.17. The van der Waals surface area contributed by atoms with Gasteiger partial charge in [0.15, 0.2) is 0 Å². The highest BCUT2D eigenvalue weighted by molar-refractivity contribution is 7.92. The number of nitrogens with zero attached hydrogens (tertiary/aromatic N) is 2. The molecule has 0 fully saturated rings. The highest BCUT2D eigenvalue weighted by Crippen LogP contribution is 2.32. The normalized spacial score (nSPS) is 15.3. The van der Waals surface area contributed by atoms with Crippen molar-refractivity contribution >= 4 is 15.8 Å². The van der Waals surface area contributed by atoms with Gasteiger partial charge in [-0.15, -0.1) is 0 Å². The summed E-state index contributed by atoms with van der Waals surface area (Å²) in [7, 11) is -3.28. The van der Waals surface area contributed by atoms with Crippen LogP contribution >= 0.6 is 0 Å². The van der Waals surface area contributed by atoms with Crippen molar-refractivity contribution in [2.45, 2.75) is 6.54 Å². The first-order valence-electron chi connectivity index (χ1n) is 7.50. The maximum absolute atomic E-state index is 11.8. The van der Waals surface area contributed by atoms with Crippen LogP contribution in [0.15, 0.2) is 60.8 Å². The molecule has 0 spiro atoms. The van der Waals surface area contributed by atoms with Gasteiger partial charge in [-0.05, 0) is 29.8 Å². The van der Waals surface area contributed by atoms with Crippen LogP contribution in [0.4, 0.5) is 5.82 Å². The number of benzene rings is 2. The van der Waals surface area contributed by atoms with Gasteiger partial charge in [-0.3, -0.25) is 4.72 Å². The summed E-state index contributed by atoms with van der Waals surface area (Å²) in [6.45, 7) is 0.361. The van der Waals surface area contributed by atoms with E-state index < -0.39 is 10.0 Å². The number of para-hydroxylation sites is 1. The molecule has 1 aromatic heterocycles. The van der Waals surface area contributed by atoms with Crippen molar-refractivity contribution in [1.82, 2.24) is 9.78 Å². The van der Waals surface area contributed by atoms with Crippen molar-refractivity contribution in [2.24, 2.45) is 0 Å². The average molecular weight is 341 g/mol. The molecule has 0 aliphatic carbocycles. The minimum atomic E-state index is -3.28. The van der Waals surface area contributed by atoms with Crippen molar-refractivity contribution in [3.63, 3.8) is 0 Å². The zero-order chi connectivity index (χ0) is 16.6. The van der Waals surface area contributed by atoms with E-state index in [2.05, 4.69) is 9.82 Å². The maximum atomic E-state index is 11.8. The molecular weight excluding hydrogens is 326 g/mol. The van der Waals surface area contributed by atoms with Crippen molar-refractivity contribution in [3.05, 3.63) is 60.8 Å². The number of nitrogens with one attached hydrogen (secondary N) is 1. The van der Waals surface area contributed by atoms with Gasteiger partial charge >= 0.3 is 0 Å². The van der Waals surface area contributed by atoms with Crippen LogP contribution in [0.1, 0.15) is 0 Å². The molecule has 7 heteroatoms. The van der Waals surface area contributed by atoms with Gasteiger partial charge in [0.2, 0.25) is 10.0 Å². The quantitative estimate of drug-likeness (QED) is 0.794. The van der Waals surface area contributed by atoms with Crippen molar-refractivity contribution in [1.29, 1.82) is 0 Å². The molecular formula is C17H15N3O3S. The number of sulfonamides is 1. The summed E-state index contributed by atoms with van der Waals surface area (Å²) < 4.78 is 33.6. The van der Waals surface area contributed by atoms with Crippen LogP contribution in [0, 0.1) is 0 Å². The monoisotopic (exact) mass is 341 g/mol. The largest absolute Gasteiger partial charge is 0.457 e. The number of hydrogen-bond donors (Lipinski definition) is 1. The molecule has 0 unspecified atom stereocenters. The van der Waals surface area contributed by atoms with E-state index >= 15 is 0 Å². The van der Waals surface area contributed by atoms with Gasteiger partial charge in [0.1, 0.15) is 17.3 Å². The van der Waals surface area contributed by atoms with Gasteiger partial charge in [-0.2, -0.15) is 5.10 Å². The molecule has 2 heterocycles. The van der Waals surface area contributed by atoms with Gasteiger partial charge < -0.3 is 4.74 Å². The summed E-state index contributed by atoms with van der Waals surface area (Å²) in [5, 5.41) is 4.25. The third-order valence-electron chi connectivity index (χ3n) is 3.81. The van der Waals surface area contributed by atoms with Gasteiger partial charge in [0.25, 0.3) is 0 Å². The number of fused-ring (bicyclic) bond motifs is 1. The zero-order valence-electron chi connectivity index (χ0n) is 12.7. The second-order valence-electron chi connectivity index (χ2n) is 5.49. The second kappa shape index (κ2) is 5.68. The number of aryl methyl sites for hydroxylation is 1. The van der Waals surface area contributed by atoms with Crippen molar-refractivity contribution in [3.8, 4) is 22.6 Å². The van der Waals surface area contributed by atoms with Crippen LogP contribution in [0.2, 0.25) is 0 Å². The van der Waals surface area contributed by atoms with Gasteiger partial charge in [-0.25, -0.2) is 13.1 Å². The molecule has 2 aromatic carbocycles. The number of aromatic nitrogens is 2. The van der Waals surface area contributed by atoms with E-state index in [1.807, 2.05) is 54.6 Å². The van der Waals surface area contributed by atoms with Crippen LogP contribution in [-0.4, -0.2) is 24.0 Å². The Balaban J connectivity index is 1.61. The third-order valence-corrected chi connectivity index (χ3v) is 5.03. The molecule has 1 aliphatic heterocycles. The molecule has 1 aliphatic rings. The van der Waals surface area contributed by atoms with E-state index in [1.165, 1.54) is 0 Å². The van der Waals surface area contributed by atoms with E-state index in [1.54, 1.807) is 10.9 Å². The molecule has 0 amide bonds. The first kappa shape index (κ1) is 14.8. The minimum absolute atomic E-state index is 0.0466. The molecule has 3 aromatic rings. The van der Waals surface area contributed by atoms with Crippen LogP contribution in [0.3, 0.4) is 0 Å². The third kappa shape index (κ3) is 2.85. The fourth-order valence-corrected chi connectivity index (χ4v) is 3.63. The second-order valence-corrected chi connectivity index (χ2v) is 7.33. The highest BCUT2D eigenvalue weighted by atomic mass is 32.2.